The van der Waals surface area contributed by atoms with Crippen molar-refractivity contribution in [2.45, 2.75) is 64.6 Å². The summed E-state index contributed by atoms with van der Waals surface area (Å²) in [6.45, 7) is 6.37. The number of carbonyl (C=O) groups excluding carboxylic acids is 1. The number of aromatic nitrogens is 2. The van der Waals surface area contributed by atoms with Gasteiger partial charge in [-0.25, -0.2) is 9.07 Å². The normalized spacial score (nSPS) is 13.4. The standard InChI is InChI=1S/C24H32FN3O5/c1-4-5-12-26-24(33)23-22(15(2)3)20(11-10-18(29)13-19(30)14-21(31)32)28(27-23)17-8-6-16(25)7-9-17/h6-11,15,18-19,29-30H,4-5,12-14H2,1-3H3,(H,26,33)(H,31,32)/t18-,19-/m1/s1. The predicted molar refractivity (Wildman–Crippen MR) is 123 cm³/mol. The van der Waals surface area contributed by atoms with Gasteiger partial charge >= 0.3 is 5.97 Å². The molecule has 8 nitrogen and oxygen atoms in total. The highest BCUT2D eigenvalue weighted by molar-refractivity contribution is 5.95. The number of amides is 1. The number of unbranched alkanes of at least 4 members (excludes halogenated alkanes) is 1. The van der Waals surface area contributed by atoms with Gasteiger partial charge in [-0.3, -0.25) is 9.59 Å². The van der Waals surface area contributed by atoms with Gasteiger partial charge in [0.2, 0.25) is 0 Å². The van der Waals surface area contributed by atoms with Crippen LogP contribution in [-0.2, 0) is 4.79 Å². The number of rotatable bonds is 12. The van der Waals surface area contributed by atoms with Gasteiger partial charge in [-0.05, 0) is 42.7 Å². The lowest BCUT2D eigenvalue weighted by atomic mass is 9.98. The fraction of sp³-hybridized carbons (Fsp3) is 0.458. The number of nitrogens with one attached hydrogen (secondary N) is 1. The van der Waals surface area contributed by atoms with E-state index in [-0.39, 0.29) is 23.9 Å². The minimum atomic E-state index is -1.20. The van der Waals surface area contributed by atoms with Crippen molar-refractivity contribution in [1.82, 2.24) is 15.1 Å². The van der Waals surface area contributed by atoms with Gasteiger partial charge in [-0.1, -0.05) is 33.3 Å². The fourth-order valence-corrected chi connectivity index (χ4v) is 3.43. The number of aliphatic hydroxyl groups is 2. The van der Waals surface area contributed by atoms with Gasteiger partial charge in [0, 0.05) is 18.5 Å². The van der Waals surface area contributed by atoms with Crippen molar-refractivity contribution in [2.24, 2.45) is 0 Å². The average Bonchev–Trinajstić information content (AvgIpc) is 3.12. The van der Waals surface area contributed by atoms with E-state index >= 15 is 0 Å². The van der Waals surface area contributed by atoms with Gasteiger partial charge in [-0.15, -0.1) is 0 Å². The van der Waals surface area contributed by atoms with Gasteiger partial charge in [0.1, 0.15) is 5.82 Å². The molecule has 2 atom stereocenters. The number of carbonyl (C=O) groups is 2. The Morgan fingerprint density at radius 1 is 1.21 bits per heavy atom. The van der Waals surface area contributed by atoms with Crippen LogP contribution < -0.4 is 5.32 Å². The van der Waals surface area contributed by atoms with E-state index in [1.54, 1.807) is 6.08 Å². The zero-order valence-electron chi connectivity index (χ0n) is 19.2. The van der Waals surface area contributed by atoms with Crippen LogP contribution >= 0.6 is 0 Å². The molecule has 180 valence electrons. The molecule has 0 unspecified atom stereocenters. The van der Waals surface area contributed by atoms with Crippen molar-refractivity contribution in [3.63, 3.8) is 0 Å². The third-order valence-corrected chi connectivity index (χ3v) is 5.04. The highest BCUT2D eigenvalue weighted by atomic mass is 19.1. The Morgan fingerprint density at radius 2 is 1.88 bits per heavy atom. The molecule has 9 heteroatoms. The summed E-state index contributed by atoms with van der Waals surface area (Å²) in [5.74, 6) is -1.98. The highest BCUT2D eigenvalue weighted by Gasteiger charge is 2.25. The Kier molecular flexibility index (Phi) is 9.74. The molecule has 0 bridgehead atoms. The molecule has 1 aromatic carbocycles. The van der Waals surface area contributed by atoms with Crippen LogP contribution in [0.1, 0.15) is 74.1 Å². The summed E-state index contributed by atoms with van der Waals surface area (Å²) < 4.78 is 15.0. The molecule has 0 fully saturated rings. The number of carboxylic acid groups (broad SMARTS) is 1. The van der Waals surface area contributed by atoms with E-state index in [1.165, 1.54) is 35.0 Å². The molecule has 0 spiro atoms. The molecule has 0 aliphatic heterocycles. The Hall–Kier alpha value is -3.04. The van der Waals surface area contributed by atoms with Gasteiger partial charge in [0.25, 0.3) is 5.91 Å². The van der Waals surface area contributed by atoms with E-state index in [9.17, 15) is 24.2 Å². The topological polar surface area (TPSA) is 125 Å². The lowest BCUT2D eigenvalue weighted by molar-refractivity contribution is -0.139. The van der Waals surface area contributed by atoms with E-state index < -0.39 is 30.4 Å². The quantitative estimate of drug-likeness (QED) is 0.360. The predicted octanol–water partition coefficient (Wildman–Crippen LogP) is 3.26. The van der Waals surface area contributed by atoms with E-state index in [2.05, 4.69) is 10.4 Å². The molecule has 33 heavy (non-hydrogen) atoms. The molecule has 4 N–H and O–H groups in total. The molecule has 0 aliphatic rings. The molecule has 1 aromatic heterocycles. The highest BCUT2D eigenvalue weighted by Crippen LogP contribution is 2.28. The first-order valence-corrected chi connectivity index (χ1v) is 11.1. The third-order valence-electron chi connectivity index (χ3n) is 5.04. The van der Waals surface area contributed by atoms with E-state index in [4.69, 9.17) is 5.11 Å². The molecular formula is C24H32FN3O5. The van der Waals surface area contributed by atoms with Crippen molar-refractivity contribution >= 4 is 18.0 Å². The van der Waals surface area contributed by atoms with Crippen molar-refractivity contribution in [3.05, 3.63) is 53.1 Å². The van der Waals surface area contributed by atoms with Crippen molar-refractivity contribution in [3.8, 4) is 5.69 Å². The molecule has 0 saturated carbocycles. The Balaban J connectivity index is 2.47. The third kappa shape index (κ3) is 7.50. The molecule has 0 radical (unpaired) electrons. The largest absolute Gasteiger partial charge is 0.481 e. The zero-order chi connectivity index (χ0) is 24.5. The second-order valence-corrected chi connectivity index (χ2v) is 8.21. The fourth-order valence-electron chi connectivity index (χ4n) is 3.43. The molecule has 1 amide bonds. The number of hydrogen-bond acceptors (Lipinski definition) is 5. The molecule has 1 heterocycles. The molecule has 0 aliphatic carbocycles. The van der Waals surface area contributed by atoms with Gasteiger partial charge in [0.15, 0.2) is 5.69 Å². The lowest BCUT2D eigenvalue weighted by Gasteiger charge is -2.12. The number of nitrogens with zero attached hydrogens (tertiary/aromatic N) is 2. The Labute approximate surface area is 192 Å². The number of carboxylic acids is 1. The van der Waals surface area contributed by atoms with Crippen LogP contribution in [0.5, 0.6) is 0 Å². The Morgan fingerprint density at radius 3 is 2.45 bits per heavy atom. The van der Waals surface area contributed by atoms with Crippen LogP contribution in [0.4, 0.5) is 4.39 Å². The Bertz CT molecular complexity index is 969. The van der Waals surface area contributed by atoms with Gasteiger partial charge in [0.05, 0.1) is 30.0 Å². The summed E-state index contributed by atoms with van der Waals surface area (Å²) in [5, 5.41) is 36.2. The first-order valence-electron chi connectivity index (χ1n) is 11.1. The summed E-state index contributed by atoms with van der Waals surface area (Å²) in [7, 11) is 0. The summed E-state index contributed by atoms with van der Waals surface area (Å²) in [5.41, 5.74) is 1.96. The maximum absolute atomic E-state index is 13.5. The zero-order valence-corrected chi connectivity index (χ0v) is 19.2. The maximum Gasteiger partial charge on any atom is 0.305 e. The average molecular weight is 462 g/mol. The van der Waals surface area contributed by atoms with Crippen LogP contribution in [0, 0.1) is 5.82 Å². The van der Waals surface area contributed by atoms with Crippen LogP contribution in [0.2, 0.25) is 0 Å². The maximum atomic E-state index is 13.5. The van der Waals surface area contributed by atoms with Crippen molar-refractivity contribution < 1.29 is 29.3 Å². The van der Waals surface area contributed by atoms with E-state index in [1.807, 2.05) is 20.8 Å². The van der Waals surface area contributed by atoms with Crippen LogP contribution in [-0.4, -0.2) is 55.7 Å². The number of hydrogen-bond donors (Lipinski definition) is 4. The number of benzene rings is 1. The summed E-state index contributed by atoms with van der Waals surface area (Å²) >= 11 is 0. The summed E-state index contributed by atoms with van der Waals surface area (Å²) in [4.78, 5) is 23.6. The van der Waals surface area contributed by atoms with Gasteiger partial charge < -0.3 is 20.6 Å². The van der Waals surface area contributed by atoms with Crippen LogP contribution in [0.15, 0.2) is 30.3 Å². The van der Waals surface area contributed by atoms with Gasteiger partial charge in [-0.2, -0.15) is 5.10 Å². The number of aliphatic carboxylic acids is 1. The monoisotopic (exact) mass is 461 g/mol. The van der Waals surface area contributed by atoms with Crippen molar-refractivity contribution in [1.29, 1.82) is 0 Å². The number of halogens is 1. The summed E-state index contributed by atoms with van der Waals surface area (Å²) in [6, 6.07) is 5.65. The minimum absolute atomic E-state index is 0.0967. The summed E-state index contributed by atoms with van der Waals surface area (Å²) in [6.07, 6.45) is 1.83. The molecular weight excluding hydrogens is 429 g/mol. The second-order valence-electron chi connectivity index (χ2n) is 8.21. The SMILES string of the molecule is CCCCNC(=O)c1nn(-c2ccc(F)cc2)c(C=C[C@@H](O)C[C@@H](O)CC(=O)O)c1C(C)C. The first-order chi connectivity index (χ1) is 15.6. The first kappa shape index (κ1) is 26.2. The molecule has 2 aromatic rings. The van der Waals surface area contributed by atoms with Crippen LogP contribution in [0.3, 0.4) is 0 Å². The van der Waals surface area contributed by atoms with Crippen LogP contribution in [0.25, 0.3) is 11.8 Å². The molecule has 2 rings (SSSR count). The molecule has 0 saturated heterocycles. The van der Waals surface area contributed by atoms with E-state index in [0.717, 1.165) is 12.8 Å². The smallest absolute Gasteiger partial charge is 0.305 e. The van der Waals surface area contributed by atoms with E-state index in [0.29, 0.717) is 23.5 Å². The number of aliphatic hydroxyl groups excluding tert-OH is 2. The lowest BCUT2D eigenvalue weighted by Crippen LogP contribution is -2.26. The van der Waals surface area contributed by atoms with Crippen molar-refractivity contribution in [2.75, 3.05) is 6.54 Å². The second kappa shape index (κ2) is 12.3. The minimum Gasteiger partial charge on any atom is -0.481 e.